The second-order valence-electron chi connectivity index (χ2n) is 6.62. The predicted molar refractivity (Wildman–Crippen MR) is 105 cm³/mol. The molecule has 28 heavy (non-hydrogen) atoms. The Morgan fingerprint density at radius 1 is 1.21 bits per heavy atom. The number of phenolic OH excluding ortho intramolecular Hbond substituents is 1. The third kappa shape index (κ3) is 4.17. The molecule has 6 nitrogen and oxygen atoms in total. The number of hydrogen-bond acceptors (Lipinski definition) is 5. The van der Waals surface area contributed by atoms with E-state index in [-0.39, 0.29) is 46.7 Å². The van der Waals surface area contributed by atoms with Crippen LogP contribution in [-0.2, 0) is 0 Å². The Morgan fingerprint density at radius 2 is 2.04 bits per heavy atom. The van der Waals surface area contributed by atoms with Gasteiger partial charge in [-0.2, -0.15) is 0 Å². The number of aldehydes is 2. The van der Waals surface area contributed by atoms with Crippen LogP contribution in [0.3, 0.4) is 0 Å². The van der Waals surface area contributed by atoms with E-state index in [0.29, 0.717) is 24.1 Å². The third-order valence-corrected chi connectivity index (χ3v) is 5.09. The van der Waals surface area contributed by atoms with E-state index < -0.39 is 0 Å². The number of hydrogen-bond donors (Lipinski definition) is 1. The number of carbonyl (C=O) groups is 3. The molecule has 1 fully saturated rings. The van der Waals surface area contributed by atoms with Crippen LogP contribution in [-0.4, -0.2) is 47.7 Å². The molecule has 0 radical (unpaired) electrons. The number of aromatic hydroxyl groups is 1. The van der Waals surface area contributed by atoms with Crippen LogP contribution in [0.5, 0.6) is 11.5 Å². The van der Waals surface area contributed by atoms with Crippen molar-refractivity contribution >= 4 is 30.1 Å². The summed E-state index contributed by atoms with van der Waals surface area (Å²) in [6.07, 6.45) is 3.70. The van der Waals surface area contributed by atoms with E-state index in [1.165, 1.54) is 18.2 Å². The number of nitrogens with zero attached hydrogens (tertiary/aromatic N) is 1. The molecule has 146 valence electrons. The largest absolute Gasteiger partial charge is 0.507 e. The van der Waals surface area contributed by atoms with Crippen LogP contribution < -0.4 is 4.74 Å². The number of ether oxygens (including phenoxy) is 1. The maximum atomic E-state index is 13.1. The number of carbonyl (C=O) groups excluding carboxylic acids is 3. The van der Waals surface area contributed by atoms with E-state index in [1.807, 2.05) is 0 Å². The lowest BCUT2D eigenvalue weighted by Crippen LogP contribution is -2.47. The van der Waals surface area contributed by atoms with Gasteiger partial charge in [-0.05, 0) is 49.6 Å². The number of benzene rings is 2. The smallest absolute Gasteiger partial charge is 0.255 e. The number of likely N-dealkylation sites (tertiary alicyclic amines) is 1. The molecular formula is C21H20ClNO5. The molecule has 1 saturated heterocycles. The van der Waals surface area contributed by atoms with Crippen molar-refractivity contribution in [3.63, 3.8) is 0 Å². The van der Waals surface area contributed by atoms with Crippen molar-refractivity contribution in [2.75, 3.05) is 13.2 Å². The molecule has 7 heteroatoms. The first kappa shape index (κ1) is 19.9. The highest BCUT2D eigenvalue weighted by molar-refractivity contribution is 6.31. The Hall–Kier alpha value is -2.86. The number of phenols is 1. The molecule has 1 amide bonds. The van der Waals surface area contributed by atoms with Gasteiger partial charge in [-0.1, -0.05) is 17.7 Å². The fourth-order valence-corrected chi connectivity index (χ4v) is 3.55. The number of piperidine rings is 1. The van der Waals surface area contributed by atoms with E-state index in [1.54, 1.807) is 23.1 Å². The molecule has 0 aromatic heterocycles. The van der Waals surface area contributed by atoms with Crippen LogP contribution in [0.25, 0.3) is 0 Å². The number of rotatable bonds is 6. The number of amides is 1. The minimum atomic E-state index is -0.274. The molecule has 1 heterocycles. The summed E-state index contributed by atoms with van der Waals surface area (Å²) < 4.78 is 5.76. The van der Waals surface area contributed by atoms with Gasteiger partial charge in [-0.3, -0.25) is 14.4 Å². The van der Waals surface area contributed by atoms with E-state index in [2.05, 4.69) is 0 Å². The molecule has 0 aliphatic carbocycles. The fourth-order valence-electron chi connectivity index (χ4n) is 3.38. The zero-order valence-corrected chi connectivity index (χ0v) is 15.9. The van der Waals surface area contributed by atoms with E-state index in [0.717, 1.165) is 19.3 Å². The van der Waals surface area contributed by atoms with Gasteiger partial charge in [-0.15, -0.1) is 0 Å². The van der Waals surface area contributed by atoms with Crippen molar-refractivity contribution in [2.24, 2.45) is 0 Å². The van der Waals surface area contributed by atoms with Crippen LogP contribution in [0.2, 0.25) is 5.02 Å². The normalized spacial score (nSPS) is 16.5. The van der Waals surface area contributed by atoms with Crippen LogP contribution in [0.1, 0.15) is 50.3 Å². The molecule has 1 N–H and O–H groups in total. The summed E-state index contributed by atoms with van der Waals surface area (Å²) in [4.78, 5) is 37.3. The van der Waals surface area contributed by atoms with Gasteiger partial charge in [0.25, 0.3) is 5.91 Å². The van der Waals surface area contributed by atoms with Crippen LogP contribution >= 0.6 is 11.6 Å². The van der Waals surface area contributed by atoms with Crippen molar-refractivity contribution in [3.8, 4) is 11.5 Å². The Kier molecular flexibility index (Phi) is 6.31. The molecule has 1 aliphatic rings. The first-order valence-electron chi connectivity index (χ1n) is 9.00. The summed E-state index contributed by atoms with van der Waals surface area (Å²) in [5.41, 5.74) is 0.630. The average Bonchev–Trinajstić information content (AvgIpc) is 2.72. The van der Waals surface area contributed by atoms with Crippen molar-refractivity contribution in [1.82, 2.24) is 4.90 Å². The minimum Gasteiger partial charge on any atom is -0.507 e. The quantitative estimate of drug-likeness (QED) is 0.745. The van der Waals surface area contributed by atoms with Crippen molar-refractivity contribution in [1.29, 1.82) is 0 Å². The Labute approximate surface area is 167 Å². The van der Waals surface area contributed by atoms with Crippen LogP contribution in [0, 0.1) is 0 Å². The zero-order valence-electron chi connectivity index (χ0n) is 15.1. The van der Waals surface area contributed by atoms with Gasteiger partial charge in [0.15, 0.2) is 12.6 Å². The van der Waals surface area contributed by atoms with Gasteiger partial charge in [0.2, 0.25) is 0 Å². The number of halogens is 1. The molecule has 3 rings (SSSR count). The Balaban J connectivity index is 1.81. The summed E-state index contributed by atoms with van der Waals surface area (Å²) in [6.45, 7) is 0.714. The maximum absolute atomic E-state index is 13.1. The van der Waals surface area contributed by atoms with Gasteiger partial charge in [0.05, 0.1) is 17.2 Å². The van der Waals surface area contributed by atoms with Gasteiger partial charge in [0.1, 0.15) is 18.1 Å². The molecule has 2 aromatic carbocycles. The lowest BCUT2D eigenvalue weighted by Gasteiger charge is -2.36. The van der Waals surface area contributed by atoms with Crippen LogP contribution in [0.15, 0.2) is 36.4 Å². The van der Waals surface area contributed by atoms with Crippen molar-refractivity contribution < 1.29 is 24.2 Å². The summed E-state index contributed by atoms with van der Waals surface area (Å²) in [7, 11) is 0. The summed E-state index contributed by atoms with van der Waals surface area (Å²) >= 11 is 6.01. The van der Waals surface area contributed by atoms with Gasteiger partial charge < -0.3 is 14.7 Å². The minimum absolute atomic E-state index is 0.0780. The highest BCUT2D eigenvalue weighted by atomic mass is 35.5. The molecule has 0 bridgehead atoms. The second kappa shape index (κ2) is 8.89. The second-order valence-corrected chi connectivity index (χ2v) is 7.05. The monoisotopic (exact) mass is 401 g/mol. The topological polar surface area (TPSA) is 83.9 Å². The molecule has 0 spiro atoms. The first-order valence-corrected chi connectivity index (χ1v) is 9.38. The molecule has 1 aliphatic heterocycles. The fraction of sp³-hybridized carbons (Fsp3) is 0.286. The van der Waals surface area contributed by atoms with E-state index in [9.17, 15) is 19.5 Å². The van der Waals surface area contributed by atoms with Gasteiger partial charge in [0, 0.05) is 17.1 Å². The lowest BCUT2D eigenvalue weighted by molar-refractivity contribution is 0.0525. The molecule has 2 aromatic rings. The predicted octanol–water partition coefficient (Wildman–Crippen LogP) is 3.74. The van der Waals surface area contributed by atoms with Gasteiger partial charge in [-0.25, -0.2) is 0 Å². The van der Waals surface area contributed by atoms with E-state index in [4.69, 9.17) is 16.3 Å². The standard InChI is InChI=1S/C21H20ClNO5/c22-15-8-7-14(11-24)17(10-15)21(27)23-9-2-1-4-16(23)13-28-20-6-3-5-19(26)18(20)12-25/h3,5-8,10-12,16,26H,1-2,4,9,13H2/t16-/m0/s1. The Morgan fingerprint density at radius 3 is 2.79 bits per heavy atom. The van der Waals surface area contributed by atoms with E-state index >= 15 is 0 Å². The third-order valence-electron chi connectivity index (χ3n) is 4.85. The summed E-state index contributed by atoms with van der Waals surface area (Å²) in [5.74, 6) is -0.160. The lowest BCUT2D eigenvalue weighted by atomic mass is 9.99. The molecule has 0 unspecified atom stereocenters. The molecule has 1 atom stereocenters. The SMILES string of the molecule is O=Cc1ccc(Cl)cc1C(=O)N1CCCC[C@H]1COc1cccc(O)c1C=O. The first-order chi connectivity index (χ1) is 13.5. The van der Waals surface area contributed by atoms with Crippen LogP contribution in [0.4, 0.5) is 0 Å². The van der Waals surface area contributed by atoms with Gasteiger partial charge >= 0.3 is 0 Å². The summed E-state index contributed by atoms with van der Waals surface area (Å²) in [5, 5.41) is 10.2. The van der Waals surface area contributed by atoms with Crippen molar-refractivity contribution in [3.05, 3.63) is 58.1 Å². The highest BCUT2D eigenvalue weighted by Crippen LogP contribution is 2.28. The summed E-state index contributed by atoms with van der Waals surface area (Å²) in [6, 6.07) is 8.97. The molecule has 0 saturated carbocycles. The highest BCUT2D eigenvalue weighted by Gasteiger charge is 2.29. The maximum Gasteiger partial charge on any atom is 0.255 e. The average molecular weight is 402 g/mol. The zero-order chi connectivity index (χ0) is 20.1. The molecular weight excluding hydrogens is 382 g/mol. The van der Waals surface area contributed by atoms with Crippen molar-refractivity contribution in [2.45, 2.75) is 25.3 Å². The Bertz CT molecular complexity index is 898.